The Balaban J connectivity index is 0.000000108. The van der Waals surface area contributed by atoms with Crippen molar-refractivity contribution in [2.45, 2.75) is 222 Å². The number of phenols is 4. The van der Waals surface area contributed by atoms with Crippen LogP contribution in [0.1, 0.15) is 159 Å². The average Bonchev–Trinajstić information content (AvgIpc) is 1.48. The summed E-state index contributed by atoms with van der Waals surface area (Å²) in [6.45, 7) is 9.62. The zero-order chi connectivity index (χ0) is 87.3. The van der Waals surface area contributed by atoms with E-state index in [1.54, 1.807) is 36.4 Å². The van der Waals surface area contributed by atoms with Gasteiger partial charge in [-0.15, -0.1) is 0 Å². The van der Waals surface area contributed by atoms with Crippen LogP contribution >= 0.6 is 0 Å². The third-order valence-electron chi connectivity index (χ3n) is 31.4. The summed E-state index contributed by atoms with van der Waals surface area (Å²) < 4.78 is 48.1. The number of phenolic OH excluding ortho intramolecular Hbond substituents is 4. The van der Waals surface area contributed by atoms with E-state index < -0.39 is 116 Å². The molecule has 652 valence electrons. The van der Waals surface area contributed by atoms with Crippen molar-refractivity contribution in [3.63, 3.8) is 0 Å². The second kappa shape index (κ2) is 29.4. The van der Waals surface area contributed by atoms with Crippen LogP contribution in [-0.4, -0.2) is 232 Å². The molecule has 28 nitrogen and oxygen atoms in total. The van der Waals surface area contributed by atoms with Crippen LogP contribution in [-0.2, 0) is 95.1 Å². The highest BCUT2D eigenvalue weighted by Gasteiger charge is 2.77. The highest BCUT2D eigenvalue weighted by atomic mass is 16.6. The number of carboxylic acids is 2. The number of carboxylic acid groups (broad SMARTS) is 2. The van der Waals surface area contributed by atoms with Gasteiger partial charge in [-0.25, -0.2) is 0 Å². The van der Waals surface area contributed by atoms with Gasteiger partial charge in [0.1, 0.15) is 23.0 Å². The number of piperidine rings is 4. The minimum Gasteiger partial charge on any atom is -0.504 e. The van der Waals surface area contributed by atoms with Crippen molar-refractivity contribution >= 4 is 35.8 Å². The van der Waals surface area contributed by atoms with E-state index >= 15 is 0 Å². The first-order chi connectivity index (χ1) is 59.1. The van der Waals surface area contributed by atoms with Gasteiger partial charge in [-0.3, -0.25) is 28.8 Å². The fourth-order valence-electron chi connectivity index (χ4n) is 24.9. The molecular formula is C96H104N4O24. The summed E-state index contributed by atoms with van der Waals surface area (Å²) in [5.41, 5.74) is 1.93. The molecule has 0 saturated carbocycles. The molecule has 6 aromatic rings. The topological polar surface area (TPSA) is 392 Å². The molecule has 8 aliphatic heterocycles. The molecule has 0 radical (unpaired) electrons. The largest absolute Gasteiger partial charge is 0.504 e. The van der Waals surface area contributed by atoms with E-state index in [0.29, 0.717) is 98.7 Å². The summed E-state index contributed by atoms with van der Waals surface area (Å²) in [4.78, 5) is 81.9. The molecule has 10 N–H and O–H groups in total. The monoisotopic (exact) mass is 1700 g/mol. The van der Waals surface area contributed by atoms with E-state index in [1.165, 1.54) is 13.8 Å². The Morgan fingerprint density at radius 3 is 0.855 bits per heavy atom. The number of carbonyl (C=O) groups is 6. The summed E-state index contributed by atoms with van der Waals surface area (Å²) in [5, 5.41) is 109. The van der Waals surface area contributed by atoms with Crippen LogP contribution in [0.15, 0.2) is 157 Å². The van der Waals surface area contributed by atoms with E-state index in [-0.39, 0.29) is 96.3 Å². The predicted octanol–water partition coefficient (Wildman–Crippen LogP) is 8.68. The van der Waals surface area contributed by atoms with Gasteiger partial charge in [-0.05, 0) is 202 Å². The molecule has 6 aromatic carbocycles. The number of benzene rings is 6. The number of rotatable bonds is 14. The fraction of sp³-hybridized carbons (Fsp3) is 0.479. The van der Waals surface area contributed by atoms with Crippen molar-refractivity contribution < 1.29 is 118 Å². The van der Waals surface area contributed by atoms with Gasteiger partial charge in [0.2, 0.25) is 0 Å². The zero-order valence-electron chi connectivity index (χ0n) is 70.3. The maximum Gasteiger partial charge on any atom is 0.318 e. The van der Waals surface area contributed by atoms with Crippen molar-refractivity contribution in [2.24, 2.45) is 11.8 Å². The van der Waals surface area contributed by atoms with Gasteiger partial charge in [0.15, 0.2) is 70.4 Å². The maximum absolute atomic E-state index is 13.1. The van der Waals surface area contributed by atoms with Gasteiger partial charge in [-0.1, -0.05) is 98.8 Å². The summed E-state index contributed by atoms with van der Waals surface area (Å²) in [5.74, 6) is -3.60. The van der Waals surface area contributed by atoms with Crippen LogP contribution in [0.2, 0.25) is 0 Å². The van der Waals surface area contributed by atoms with E-state index in [9.17, 15) is 69.6 Å². The Morgan fingerprint density at radius 2 is 0.613 bits per heavy atom. The lowest BCUT2D eigenvalue weighted by molar-refractivity contribution is -0.170. The van der Waals surface area contributed by atoms with Crippen LogP contribution in [0.25, 0.3) is 0 Å². The average molecular weight is 1700 g/mol. The van der Waals surface area contributed by atoms with Crippen LogP contribution < -0.4 is 18.9 Å². The Hall–Kier alpha value is -10.8. The molecule has 4 saturated heterocycles. The van der Waals surface area contributed by atoms with Gasteiger partial charge in [-0.2, -0.15) is 0 Å². The molecule has 22 rings (SSSR count). The number of aliphatic hydroxyl groups is 4. The van der Waals surface area contributed by atoms with Gasteiger partial charge < -0.3 is 109 Å². The van der Waals surface area contributed by atoms with Crippen LogP contribution in [0.5, 0.6) is 46.0 Å². The lowest BCUT2D eigenvalue weighted by Crippen LogP contribution is -2.74. The number of likely N-dealkylation sites (N-methyl/N-ethyl adjacent to an activating group) is 4. The molecule has 8 unspecified atom stereocenters. The standard InChI is InChI=1S/2C26H27NO5.2C22H25NO7/c2*1-15(16-6-4-3-5-7-16)24(29)31-19-10-11-26(30)20-14-17-8-9-18(28)22-21(17)25(26,23(19)32-22)12-13-27(20)2;2*1-11(20(26)27)9-16(25)29-14-5-6-22(28)15-10-12-3-4-13(24)18-17(12)21(22,19(14)30-18)7-8-23(15)2/h2*3-10,15,20,23,28,30H,11-14H2,1-2H3;2*3-5,11,15,19,24,28H,6-10H2,1-2H3,(H,26,27)/t15-,20+,23?,25?,26+;15-,20-,23?,25?,26-;11-,15+,19?,21?,22+;11-,15-,19?,21?,22-/m0101/s1. The number of likely N-dealkylation sites (tertiary alicyclic amines) is 4. The molecule has 124 heavy (non-hydrogen) atoms. The minimum atomic E-state index is -1.12. The number of esters is 4. The van der Waals surface area contributed by atoms with E-state index in [1.807, 2.05) is 139 Å². The number of carbonyl (C=O) groups excluding carboxylic acids is 4. The third kappa shape index (κ3) is 11.6. The molecular weight excluding hydrogens is 1590 g/mol. The molecule has 8 bridgehead atoms. The first-order valence-corrected chi connectivity index (χ1v) is 43.1. The van der Waals surface area contributed by atoms with Gasteiger partial charge in [0.25, 0.3) is 0 Å². The van der Waals surface area contributed by atoms with E-state index in [0.717, 1.165) is 81.8 Å². The molecule has 20 atom stereocenters. The number of aromatic hydroxyl groups is 4. The fourth-order valence-corrected chi connectivity index (χ4v) is 24.9. The lowest BCUT2D eigenvalue weighted by atomic mass is 9.50. The highest BCUT2D eigenvalue weighted by molar-refractivity contribution is 5.82. The van der Waals surface area contributed by atoms with Crippen molar-refractivity contribution in [1.82, 2.24) is 19.6 Å². The second-order valence-corrected chi connectivity index (χ2v) is 37.4. The van der Waals surface area contributed by atoms with Gasteiger partial charge in [0, 0.05) is 72.1 Å². The first-order valence-electron chi connectivity index (χ1n) is 43.1. The van der Waals surface area contributed by atoms with Crippen LogP contribution in [0, 0.1) is 11.8 Å². The van der Waals surface area contributed by atoms with Gasteiger partial charge >= 0.3 is 35.8 Å². The van der Waals surface area contributed by atoms with Crippen molar-refractivity contribution in [1.29, 1.82) is 0 Å². The van der Waals surface area contributed by atoms with E-state index in [4.69, 9.17) is 48.1 Å². The smallest absolute Gasteiger partial charge is 0.318 e. The number of hydrogen-bond acceptors (Lipinski definition) is 26. The summed E-state index contributed by atoms with van der Waals surface area (Å²) in [7, 11) is 8.10. The normalized spacial score (nSPS) is 33.7. The number of nitrogens with zero attached hydrogens (tertiary/aromatic N) is 4. The lowest BCUT2D eigenvalue weighted by Gasteiger charge is -2.61. The van der Waals surface area contributed by atoms with Crippen molar-refractivity contribution in [3.05, 3.63) is 212 Å². The molecule has 4 spiro atoms. The highest BCUT2D eigenvalue weighted by Crippen LogP contribution is 2.71. The van der Waals surface area contributed by atoms with Crippen LogP contribution in [0.3, 0.4) is 0 Å². The third-order valence-corrected chi connectivity index (χ3v) is 31.4. The second-order valence-electron chi connectivity index (χ2n) is 37.4. The molecule has 8 aliphatic carbocycles. The molecule has 28 heteroatoms. The van der Waals surface area contributed by atoms with Gasteiger partial charge in [0.05, 0.1) is 80.6 Å². The molecule has 0 aromatic heterocycles. The van der Waals surface area contributed by atoms with Crippen LogP contribution in [0.4, 0.5) is 0 Å². The Bertz CT molecular complexity index is 5280. The number of hydrogen-bond donors (Lipinski definition) is 10. The summed E-state index contributed by atoms with van der Waals surface area (Å²) in [6.07, 6.45) is 10.2. The molecule has 0 amide bonds. The first kappa shape index (κ1) is 82.8. The Morgan fingerprint density at radius 1 is 0.371 bits per heavy atom. The van der Waals surface area contributed by atoms with Crippen molar-refractivity contribution in [3.8, 4) is 46.0 Å². The molecule has 4 fully saturated rings. The zero-order valence-corrected chi connectivity index (χ0v) is 70.3. The SMILES string of the molecule is C[C@@H](C(=O)OC1=CC[C@@]2(O)[C@H]3Cc4ccc(O)c5c4C2(CCN3C)C1O5)c1ccccc1.C[C@@H](CC(=O)OC1=CC[C@@]2(O)[C@H]3Cc4ccc(O)c5c4C2(CCN3C)C1O5)C(=O)O.C[C@H](C(=O)OC1=CC[C@@]2(O)[C@H]3Cc4ccc(O)c5c4C2(CCN3C)C1O5)c1ccccc1.C[C@H](CC(=O)OC1=CC[C@@]2(O)[C@H]3Cc4ccc(O)c5c4C2(CCN3C)C1O5)C(=O)O. The summed E-state index contributed by atoms with van der Waals surface area (Å²) >= 11 is 0. The molecule has 16 aliphatic rings. The minimum absolute atomic E-state index is 0.00225. The summed E-state index contributed by atoms with van der Waals surface area (Å²) in [6, 6.07) is 32.9. The molecule has 8 heterocycles. The number of aliphatic carboxylic acids is 2. The predicted molar refractivity (Wildman–Crippen MR) is 443 cm³/mol. The maximum atomic E-state index is 13.1. The Labute approximate surface area is 716 Å². The Kier molecular flexibility index (Phi) is 19.6. The number of ether oxygens (including phenoxy) is 8. The quantitative estimate of drug-likeness (QED) is 0.0360. The van der Waals surface area contributed by atoms with E-state index in [2.05, 4.69) is 19.6 Å². The van der Waals surface area contributed by atoms with Crippen molar-refractivity contribution in [2.75, 3.05) is 54.4 Å².